The topological polar surface area (TPSA) is 63.1 Å². The first-order chi connectivity index (χ1) is 16.2. The van der Waals surface area contributed by atoms with Crippen LogP contribution in [-0.2, 0) is 6.42 Å². The van der Waals surface area contributed by atoms with Crippen LogP contribution in [0.3, 0.4) is 0 Å². The maximum absolute atomic E-state index is 12.8. The first-order valence-electron chi connectivity index (χ1n) is 11.7. The molecular formula is C27H29N5O. The van der Waals surface area contributed by atoms with E-state index in [0.717, 1.165) is 30.6 Å². The fourth-order valence-electron chi connectivity index (χ4n) is 4.61. The second-order valence-corrected chi connectivity index (χ2v) is 8.77. The summed E-state index contributed by atoms with van der Waals surface area (Å²) >= 11 is 0. The van der Waals surface area contributed by atoms with E-state index >= 15 is 0 Å². The van der Waals surface area contributed by atoms with Gasteiger partial charge in [-0.1, -0.05) is 30.3 Å². The van der Waals surface area contributed by atoms with Gasteiger partial charge in [-0.2, -0.15) is 4.98 Å². The van der Waals surface area contributed by atoms with Crippen molar-refractivity contribution in [3.63, 3.8) is 0 Å². The van der Waals surface area contributed by atoms with E-state index in [-0.39, 0.29) is 11.6 Å². The number of aromatic nitrogens is 3. The molecule has 1 fully saturated rings. The maximum atomic E-state index is 12.8. The summed E-state index contributed by atoms with van der Waals surface area (Å²) in [6.45, 7) is 4.31. The van der Waals surface area contributed by atoms with Crippen molar-refractivity contribution in [1.29, 1.82) is 0 Å². The van der Waals surface area contributed by atoms with Crippen molar-refractivity contribution in [3.8, 4) is 0 Å². The molecule has 168 valence electrons. The van der Waals surface area contributed by atoms with Crippen molar-refractivity contribution in [2.45, 2.75) is 38.6 Å². The van der Waals surface area contributed by atoms with Crippen LogP contribution >= 0.6 is 0 Å². The predicted octanol–water partition coefficient (Wildman–Crippen LogP) is 5.33. The molecule has 4 aromatic rings. The Morgan fingerprint density at radius 3 is 2.45 bits per heavy atom. The highest BCUT2D eigenvalue weighted by atomic mass is 16.1. The van der Waals surface area contributed by atoms with E-state index < -0.39 is 0 Å². The number of benzene rings is 2. The molecule has 6 nitrogen and oxygen atoms in total. The first-order valence-corrected chi connectivity index (χ1v) is 11.7. The molecule has 3 heterocycles. The third-order valence-corrected chi connectivity index (χ3v) is 6.33. The van der Waals surface area contributed by atoms with Crippen LogP contribution in [0.25, 0.3) is 11.0 Å². The number of hydrogen-bond donors (Lipinski definition) is 1. The van der Waals surface area contributed by atoms with Crippen LogP contribution in [0.15, 0.2) is 77.7 Å². The summed E-state index contributed by atoms with van der Waals surface area (Å²) in [5.41, 5.74) is 3.96. The molecule has 0 saturated carbocycles. The van der Waals surface area contributed by atoms with Gasteiger partial charge in [0.05, 0.1) is 0 Å². The molecule has 1 atom stereocenters. The fourth-order valence-corrected chi connectivity index (χ4v) is 4.61. The minimum atomic E-state index is -0.0542. The number of rotatable bonds is 6. The molecule has 0 spiro atoms. The van der Waals surface area contributed by atoms with Crippen LogP contribution in [-0.4, -0.2) is 27.6 Å². The molecule has 1 aliphatic heterocycles. The highest BCUT2D eigenvalue weighted by molar-refractivity contribution is 5.76. The van der Waals surface area contributed by atoms with Crippen molar-refractivity contribution in [2.24, 2.45) is 0 Å². The molecular weight excluding hydrogens is 410 g/mol. The van der Waals surface area contributed by atoms with Crippen LogP contribution in [0.1, 0.15) is 37.8 Å². The lowest BCUT2D eigenvalue weighted by Crippen LogP contribution is -2.29. The number of nitrogens with zero attached hydrogens (tertiary/aromatic N) is 4. The maximum Gasteiger partial charge on any atom is 0.252 e. The van der Waals surface area contributed by atoms with E-state index in [1.54, 1.807) is 22.9 Å². The SMILES string of the molecule is CC(Cc1ccccc1)n1c(=O)ccc2cnc(Nc3ccc(N4CCCCC4)cc3)nc21. The van der Waals surface area contributed by atoms with Gasteiger partial charge in [0.2, 0.25) is 5.95 Å². The summed E-state index contributed by atoms with van der Waals surface area (Å²) in [5, 5.41) is 4.15. The second-order valence-electron chi connectivity index (χ2n) is 8.77. The minimum Gasteiger partial charge on any atom is -0.372 e. The number of anilines is 3. The Balaban J connectivity index is 1.40. The minimum absolute atomic E-state index is 0.0322. The molecule has 1 unspecified atom stereocenters. The summed E-state index contributed by atoms with van der Waals surface area (Å²) in [6, 6.07) is 22.0. The van der Waals surface area contributed by atoms with E-state index in [2.05, 4.69) is 58.5 Å². The zero-order chi connectivity index (χ0) is 22.6. The normalized spacial score (nSPS) is 14.9. The molecule has 1 saturated heterocycles. The van der Waals surface area contributed by atoms with Gasteiger partial charge < -0.3 is 10.2 Å². The van der Waals surface area contributed by atoms with Gasteiger partial charge in [0.15, 0.2) is 0 Å². The van der Waals surface area contributed by atoms with Crippen LogP contribution in [0.2, 0.25) is 0 Å². The predicted molar refractivity (Wildman–Crippen MR) is 134 cm³/mol. The molecule has 5 rings (SSSR count). The van der Waals surface area contributed by atoms with Crippen LogP contribution in [0, 0.1) is 0 Å². The van der Waals surface area contributed by atoms with Gasteiger partial charge in [-0.15, -0.1) is 0 Å². The number of pyridine rings is 1. The van der Waals surface area contributed by atoms with Crippen molar-refractivity contribution in [1.82, 2.24) is 14.5 Å². The van der Waals surface area contributed by atoms with Crippen molar-refractivity contribution >= 4 is 28.4 Å². The number of hydrogen-bond acceptors (Lipinski definition) is 5. The number of nitrogens with one attached hydrogen (secondary N) is 1. The molecule has 0 bridgehead atoms. The van der Waals surface area contributed by atoms with Gasteiger partial charge in [-0.3, -0.25) is 9.36 Å². The Labute approximate surface area is 193 Å². The van der Waals surface area contributed by atoms with Gasteiger partial charge in [0.25, 0.3) is 5.56 Å². The van der Waals surface area contributed by atoms with Gasteiger partial charge in [-0.05, 0) is 68.5 Å². The van der Waals surface area contributed by atoms with Gasteiger partial charge in [0.1, 0.15) is 5.65 Å². The monoisotopic (exact) mass is 439 g/mol. The summed E-state index contributed by atoms with van der Waals surface area (Å²) in [6.07, 6.45) is 6.37. The molecule has 33 heavy (non-hydrogen) atoms. The van der Waals surface area contributed by atoms with Crippen LogP contribution < -0.4 is 15.8 Å². The van der Waals surface area contributed by atoms with Crippen molar-refractivity contribution in [3.05, 3.63) is 88.8 Å². The molecule has 0 radical (unpaired) electrons. The lowest BCUT2D eigenvalue weighted by Gasteiger charge is -2.28. The average molecular weight is 440 g/mol. The smallest absolute Gasteiger partial charge is 0.252 e. The van der Waals surface area contributed by atoms with Gasteiger partial charge in [0, 0.05) is 48.2 Å². The standard InChI is InChI=1S/C27H29N5O/c1-20(18-21-8-4-2-5-9-21)32-25(33)15-10-22-19-28-27(30-26(22)32)29-23-11-13-24(14-12-23)31-16-6-3-7-17-31/h2,4-5,8-15,19-20H,3,6-7,16-18H2,1H3,(H,28,29,30). The summed E-state index contributed by atoms with van der Waals surface area (Å²) in [5.74, 6) is 0.486. The molecule has 0 aliphatic carbocycles. The molecule has 1 N–H and O–H groups in total. The van der Waals surface area contributed by atoms with Crippen molar-refractivity contribution < 1.29 is 0 Å². The Kier molecular flexibility index (Phi) is 6.07. The second kappa shape index (κ2) is 9.45. The third-order valence-electron chi connectivity index (χ3n) is 6.33. The quantitative estimate of drug-likeness (QED) is 0.440. The number of piperidine rings is 1. The summed E-state index contributed by atoms with van der Waals surface area (Å²) in [4.78, 5) is 24.5. The first kappa shape index (κ1) is 21.2. The Morgan fingerprint density at radius 2 is 1.70 bits per heavy atom. The largest absolute Gasteiger partial charge is 0.372 e. The van der Waals surface area contributed by atoms with Gasteiger partial charge in [-0.25, -0.2) is 4.98 Å². The zero-order valence-electron chi connectivity index (χ0n) is 18.9. The van der Waals surface area contributed by atoms with Crippen molar-refractivity contribution in [2.75, 3.05) is 23.3 Å². The van der Waals surface area contributed by atoms with E-state index in [1.165, 1.54) is 30.5 Å². The highest BCUT2D eigenvalue weighted by Gasteiger charge is 2.14. The van der Waals surface area contributed by atoms with E-state index in [0.29, 0.717) is 11.6 Å². The molecule has 2 aromatic carbocycles. The van der Waals surface area contributed by atoms with E-state index in [9.17, 15) is 4.79 Å². The number of fused-ring (bicyclic) bond motifs is 1. The Bertz CT molecular complexity index is 1280. The Morgan fingerprint density at radius 1 is 0.939 bits per heavy atom. The van der Waals surface area contributed by atoms with E-state index in [4.69, 9.17) is 4.98 Å². The molecule has 1 aliphatic rings. The Hall–Kier alpha value is -3.67. The molecule has 6 heteroatoms. The third kappa shape index (κ3) is 4.75. The molecule has 2 aromatic heterocycles. The van der Waals surface area contributed by atoms with Crippen LogP contribution in [0.5, 0.6) is 0 Å². The fraction of sp³-hybridized carbons (Fsp3) is 0.296. The molecule has 0 amide bonds. The van der Waals surface area contributed by atoms with Gasteiger partial charge >= 0.3 is 0 Å². The lowest BCUT2D eigenvalue weighted by atomic mass is 10.1. The average Bonchev–Trinajstić information content (AvgIpc) is 2.85. The zero-order valence-corrected chi connectivity index (χ0v) is 18.9. The van der Waals surface area contributed by atoms with E-state index in [1.807, 2.05) is 18.2 Å². The highest BCUT2D eigenvalue weighted by Crippen LogP contribution is 2.24. The lowest BCUT2D eigenvalue weighted by molar-refractivity contribution is 0.541. The summed E-state index contributed by atoms with van der Waals surface area (Å²) in [7, 11) is 0. The summed E-state index contributed by atoms with van der Waals surface area (Å²) < 4.78 is 1.77. The van der Waals surface area contributed by atoms with Crippen LogP contribution in [0.4, 0.5) is 17.3 Å².